The Kier molecular flexibility index (Phi) is 3.83. The lowest BCUT2D eigenvalue weighted by Gasteiger charge is -2.16. The smallest absolute Gasteiger partial charge is 0.207 e. The Hall–Kier alpha value is -2.07. The summed E-state index contributed by atoms with van der Waals surface area (Å²) in [6, 6.07) is 14.8. The first-order chi connectivity index (χ1) is 9.83. The molecular formula is C16H17N3S. The van der Waals surface area contributed by atoms with Gasteiger partial charge in [-0.05, 0) is 30.5 Å². The van der Waals surface area contributed by atoms with Crippen molar-refractivity contribution in [2.75, 3.05) is 5.32 Å². The number of para-hydroxylation sites is 1. The van der Waals surface area contributed by atoms with E-state index < -0.39 is 0 Å². The van der Waals surface area contributed by atoms with E-state index in [2.05, 4.69) is 39.3 Å². The largest absolute Gasteiger partial charge is 0.326 e. The van der Waals surface area contributed by atoms with E-state index in [-0.39, 0.29) is 0 Å². The van der Waals surface area contributed by atoms with Crippen molar-refractivity contribution in [3.05, 3.63) is 65.1 Å². The van der Waals surface area contributed by atoms with Gasteiger partial charge in [0.25, 0.3) is 0 Å². The molecule has 0 amide bonds. The van der Waals surface area contributed by atoms with E-state index in [0.29, 0.717) is 6.04 Å². The van der Waals surface area contributed by atoms with E-state index in [1.807, 2.05) is 42.7 Å². The Balaban J connectivity index is 1.76. The number of nitrogens with zero attached hydrogens (tertiary/aromatic N) is 2. The zero-order valence-corrected chi connectivity index (χ0v) is 12.2. The summed E-state index contributed by atoms with van der Waals surface area (Å²) in [5, 5.41) is 5.49. The Bertz CT molecular complexity index is 643. The predicted molar refractivity (Wildman–Crippen MR) is 84.7 cm³/mol. The number of imidazole rings is 1. The Morgan fingerprint density at radius 1 is 1.20 bits per heavy atom. The quantitative estimate of drug-likeness (QED) is 0.747. The highest BCUT2D eigenvalue weighted by molar-refractivity contribution is 7.09. The minimum atomic E-state index is 0.377. The monoisotopic (exact) mass is 283 g/mol. The summed E-state index contributed by atoms with van der Waals surface area (Å²) in [5.41, 5.74) is 1.06. The first-order valence-electron chi connectivity index (χ1n) is 6.70. The van der Waals surface area contributed by atoms with Gasteiger partial charge in [-0.15, -0.1) is 11.3 Å². The van der Waals surface area contributed by atoms with Gasteiger partial charge in [0.1, 0.15) is 0 Å². The van der Waals surface area contributed by atoms with Crippen molar-refractivity contribution < 1.29 is 0 Å². The van der Waals surface area contributed by atoms with Crippen molar-refractivity contribution >= 4 is 23.0 Å². The van der Waals surface area contributed by atoms with Gasteiger partial charge in [0.2, 0.25) is 5.95 Å². The maximum Gasteiger partial charge on any atom is 0.207 e. The third-order valence-corrected chi connectivity index (χ3v) is 4.15. The van der Waals surface area contributed by atoms with Gasteiger partial charge in [-0.25, -0.2) is 4.98 Å². The first-order valence-corrected chi connectivity index (χ1v) is 7.58. The molecule has 3 rings (SSSR count). The molecule has 20 heavy (non-hydrogen) atoms. The first kappa shape index (κ1) is 12.9. The van der Waals surface area contributed by atoms with Crippen LogP contribution >= 0.6 is 11.3 Å². The fraction of sp³-hybridized carbons (Fsp3) is 0.188. The van der Waals surface area contributed by atoms with Crippen LogP contribution in [0, 0.1) is 0 Å². The summed E-state index contributed by atoms with van der Waals surface area (Å²) < 4.78 is 2.19. The van der Waals surface area contributed by atoms with Crippen molar-refractivity contribution in [3.8, 4) is 0 Å². The molecule has 0 fully saturated rings. The van der Waals surface area contributed by atoms with Gasteiger partial charge in [0, 0.05) is 35.4 Å². The van der Waals surface area contributed by atoms with E-state index in [1.165, 1.54) is 4.88 Å². The van der Waals surface area contributed by atoms with Crippen LogP contribution in [0.2, 0.25) is 0 Å². The highest BCUT2D eigenvalue weighted by atomic mass is 32.1. The molecule has 0 aliphatic carbocycles. The molecule has 102 valence electrons. The number of aromatic nitrogens is 2. The highest BCUT2D eigenvalue weighted by Crippen LogP contribution is 2.23. The van der Waals surface area contributed by atoms with Gasteiger partial charge in [-0.1, -0.05) is 24.3 Å². The normalized spacial score (nSPS) is 12.2. The van der Waals surface area contributed by atoms with Crippen LogP contribution in [0.1, 0.15) is 17.8 Å². The van der Waals surface area contributed by atoms with Gasteiger partial charge in [-0.2, -0.15) is 0 Å². The molecular weight excluding hydrogens is 266 g/mol. The highest BCUT2D eigenvalue weighted by Gasteiger charge is 2.11. The molecule has 1 N–H and O–H groups in total. The van der Waals surface area contributed by atoms with Gasteiger partial charge in [-0.3, -0.25) is 0 Å². The van der Waals surface area contributed by atoms with Crippen LogP contribution in [0.25, 0.3) is 0 Å². The Morgan fingerprint density at radius 2 is 2.05 bits per heavy atom. The average Bonchev–Trinajstić information content (AvgIpc) is 3.11. The number of thiophene rings is 1. The van der Waals surface area contributed by atoms with Crippen molar-refractivity contribution in [1.29, 1.82) is 0 Å². The molecule has 4 heteroatoms. The van der Waals surface area contributed by atoms with Crippen LogP contribution < -0.4 is 5.32 Å². The summed E-state index contributed by atoms with van der Waals surface area (Å²) in [6.07, 6.45) is 4.90. The second kappa shape index (κ2) is 5.92. The molecule has 3 aromatic rings. The van der Waals surface area contributed by atoms with Crippen LogP contribution in [0.4, 0.5) is 11.6 Å². The second-order valence-electron chi connectivity index (χ2n) is 4.78. The molecule has 0 aliphatic heterocycles. The zero-order valence-electron chi connectivity index (χ0n) is 11.4. The van der Waals surface area contributed by atoms with Crippen molar-refractivity contribution in [2.24, 2.45) is 0 Å². The minimum Gasteiger partial charge on any atom is -0.326 e. The maximum absolute atomic E-state index is 4.42. The number of hydrogen-bond acceptors (Lipinski definition) is 3. The molecule has 0 radical (unpaired) electrons. The second-order valence-corrected chi connectivity index (χ2v) is 5.81. The zero-order chi connectivity index (χ0) is 13.8. The minimum absolute atomic E-state index is 0.377. The third-order valence-electron chi connectivity index (χ3n) is 3.25. The van der Waals surface area contributed by atoms with Crippen LogP contribution in [-0.4, -0.2) is 9.55 Å². The molecule has 3 nitrogen and oxygen atoms in total. The molecule has 0 saturated carbocycles. The van der Waals surface area contributed by atoms with Gasteiger partial charge < -0.3 is 9.88 Å². The van der Waals surface area contributed by atoms with Gasteiger partial charge in [0.15, 0.2) is 0 Å². The number of nitrogens with one attached hydrogen (secondary N) is 1. The van der Waals surface area contributed by atoms with Gasteiger partial charge >= 0.3 is 0 Å². The van der Waals surface area contributed by atoms with Crippen LogP contribution in [-0.2, 0) is 6.42 Å². The predicted octanol–water partition coefficient (Wildman–Crippen LogP) is 4.49. The Morgan fingerprint density at radius 3 is 2.80 bits per heavy atom. The van der Waals surface area contributed by atoms with Crippen LogP contribution in [0.5, 0.6) is 0 Å². The van der Waals surface area contributed by atoms with E-state index in [0.717, 1.165) is 18.1 Å². The van der Waals surface area contributed by atoms with Gasteiger partial charge in [0.05, 0.1) is 0 Å². The molecule has 0 saturated heterocycles. The van der Waals surface area contributed by atoms with Crippen molar-refractivity contribution in [1.82, 2.24) is 9.55 Å². The standard InChI is InChI=1S/C16H17N3S/c1-13(12-15-8-5-11-20-15)19-10-9-17-16(19)18-14-6-3-2-4-7-14/h2-11,13H,12H2,1H3,(H,17,18). The summed E-state index contributed by atoms with van der Waals surface area (Å²) in [7, 11) is 0. The number of benzene rings is 1. The van der Waals surface area contributed by atoms with E-state index >= 15 is 0 Å². The molecule has 0 spiro atoms. The maximum atomic E-state index is 4.42. The van der Waals surface area contributed by atoms with E-state index in [4.69, 9.17) is 0 Å². The SMILES string of the molecule is CC(Cc1cccs1)n1ccnc1Nc1ccccc1. The van der Waals surface area contributed by atoms with E-state index in [1.54, 1.807) is 11.3 Å². The summed E-state index contributed by atoms with van der Waals surface area (Å²) >= 11 is 1.80. The molecule has 1 atom stereocenters. The average molecular weight is 283 g/mol. The lowest BCUT2D eigenvalue weighted by atomic mass is 10.2. The number of hydrogen-bond donors (Lipinski definition) is 1. The molecule has 2 aromatic heterocycles. The lowest BCUT2D eigenvalue weighted by Crippen LogP contribution is -2.10. The van der Waals surface area contributed by atoms with Crippen LogP contribution in [0.15, 0.2) is 60.2 Å². The molecule has 0 aliphatic rings. The summed E-state index contributed by atoms with van der Waals surface area (Å²) in [6.45, 7) is 2.22. The lowest BCUT2D eigenvalue weighted by molar-refractivity contribution is 0.555. The fourth-order valence-electron chi connectivity index (χ4n) is 2.23. The summed E-state index contributed by atoms with van der Waals surface area (Å²) in [4.78, 5) is 5.82. The molecule has 2 heterocycles. The molecule has 0 bridgehead atoms. The van der Waals surface area contributed by atoms with Crippen molar-refractivity contribution in [2.45, 2.75) is 19.4 Å². The summed E-state index contributed by atoms with van der Waals surface area (Å²) in [5.74, 6) is 0.889. The Labute approximate surface area is 122 Å². The number of anilines is 2. The van der Waals surface area contributed by atoms with Crippen LogP contribution in [0.3, 0.4) is 0 Å². The molecule has 1 aromatic carbocycles. The topological polar surface area (TPSA) is 29.9 Å². The fourth-order valence-corrected chi connectivity index (χ4v) is 3.06. The number of rotatable bonds is 5. The third kappa shape index (κ3) is 2.91. The van der Waals surface area contributed by atoms with E-state index in [9.17, 15) is 0 Å². The molecule has 1 unspecified atom stereocenters. The van der Waals surface area contributed by atoms with Crippen molar-refractivity contribution in [3.63, 3.8) is 0 Å².